The van der Waals surface area contributed by atoms with Crippen LogP contribution < -0.4 is 5.32 Å². The van der Waals surface area contributed by atoms with Crippen LogP contribution in [0.25, 0.3) is 0 Å². The summed E-state index contributed by atoms with van der Waals surface area (Å²) in [4.78, 5) is 22.6. The van der Waals surface area contributed by atoms with Gasteiger partial charge in [-0.1, -0.05) is 11.8 Å². The first kappa shape index (κ1) is 15.8. The summed E-state index contributed by atoms with van der Waals surface area (Å²) in [5.74, 6) is -0.0834. The Morgan fingerprint density at radius 3 is 2.86 bits per heavy atom. The number of nitrogens with one attached hydrogen (secondary N) is 1. The predicted octanol–water partition coefficient (Wildman–Crippen LogP) is 0.0948. The average Bonchev–Trinajstić information content (AvgIpc) is 3.20. The molecule has 1 fully saturated rings. The molecule has 21 heavy (non-hydrogen) atoms. The molecule has 0 unspecified atom stereocenters. The van der Waals surface area contributed by atoms with Crippen LogP contribution in [0.1, 0.15) is 24.6 Å². The first-order chi connectivity index (χ1) is 10.1. The van der Waals surface area contributed by atoms with Gasteiger partial charge in [0.2, 0.25) is 5.91 Å². The van der Waals surface area contributed by atoms with E-state index in [2.05, 4.69) is 15.5 Å². The van der Waals surface area contributed by atoms with E-state index in [-0.39, 0.29) is 18.2 Å². The first-order valence-corrected chi connectivity index (χ1v) is 7.63. The lowest BCUT2D eigenvalue weighted by Gasteiger charge is -2.09. The van der Waals surface area contributed by atoms with Crippen LogP contribution in [0.3, 0.4) is 0 Å². The van der Waals surface area contributed by atoms with Crippen molar-refractivity contribution in [2.24, 2.45) is 0 Å². The largest absolute Gasteiger partial charge is 0.481 e. The van der Waals surface area contributed by atoms with Crippen LogP contribution in [-0.4, -0.2) is 57.8 Å². The van der Waals surface area contributed by atoms with Gasteiger partial charge in [-0.25, -0.2) is 0 Å². The van der Waals surface area contributed by atoms with Crippen LogP contribution in [-0.2, 0) is 20.9 Å². The molecule has 0 aromatic carbocycles. The molecule has 0 atom stereocenters. The predicted molar refractivity (Wildman–Crippen MR) is 75.2 cm³/mol. The Hall–Kier alpha value is -1.61. The second-order valence-electron chi connectivity index (χ2n) is 4.73. The lowest BCUT2D eigenvalue weighted by molar-refractivity contribution is -0.133. The van der Waals surface area contributed by atoms with Gasteiger partial charge in [0, 0.05) is 19.6 Å². The summed E-state index contributed by atoms with van der Waals surface area (Å²) in [6.07, 6.45) is 2.07. The summed E-state index contributed by atoms with van der Waals surface area (Å²) in [5.41, 5.74) is 0. The molecule has 0 saturated heterocycles. The van der Waals surface area contributed by atoms with E-state index < -0.39 is 5.97 Å². The minimum Gasteiger partial charge on any atom is -0.481 e. The molecule has 0 radical (unpaired) electrons. The highest BCUT2D eigenvalue weighted by Crippen LogP contribution is 2.39. The van der Waals surface area contributed by atoms with Crippen molar-refractivity contribution in [3.63, 3.8) is 0 Å². The van der Waals surface area contributed by atoms with Crippen molar-refractivity contribution in [3.05, 3.63) is 5.82 Å². The van der Waals surface area contributed by atoms with Crippen LogP contribution in [0.4, 0.5) is 0 Å². The van der Waals surface area contributed by atoms with Gasteiger partial charge in [-0.15, -0.1) is 10.2 Å². The van der Waals surface area contributed by atoms with Gasteiger partial charge in [-0.05, 0) is 12.8 Å². The second-order valence-corrected chi connectivity index (χ2v) is 5.67. The maximum atomic E-state index is 11.9. The number of rotatable bonds is 9. The van der Waals surface area contributed by atoms with Crippen molar-refractivity contribution >= 4 is 23.6 Å². The zero-order valence-corrected chi connectivity index (χ0v) is 12.6. The summed E-state index contributed by atoms with van der Waals surface area (Å²) in [5, 5.41) is 20.1. The number of amides is 1. The Kier molecular flexibility index (Phi) is 5.57. The number of nitrogens with zero attached hydrogens (tertiary/aromatic N) is 3. The van der Waals surface area contributed by atoms with E-state index in [9.17, 15) is 9.59 Å². The van der Waals surface area contributed by atoms with Gasteiger partial charge in [-0.2, -0.15) is 0 Å². The summed E-state index contributed by atoms with van der Waals surface area (Å²) < 4.78 is 6.59. The number of methoxy groups -OCH3 is 1. The molecule has 1 aliphatic rings. The molecule has 0 aliphatic heterocycles. The minimum atomic E-state index is -0.924. The molecule has 116 valence electrons. The molecular formula is C12H18N4O4S. The number of hydrogen-bond acceptors (Lipinski definition) is 6. The minimum absolute atomic E-state index is 0.102. The number of carbonyl (C=O) groups is 2. The molecule has 1 aromatic rings. The van der Waals surface area contributed by atoms with Crippen LogP contribution in [0, 0.1) is 0 Å². The number of aliphatic carboxylic acids is 1. The third-order valence-electron chi connectivity index (χ3n) is 2.94. The molecule has 9 heteroatoms. The average molecular weight is 314 g/mol. The smallest absolute Gasteiger partial charge is 0.313 e. The molecule has 1 aliphatic carbocycles. The molecule has 8 nitrogen and oxygen atoms in total. The van der Waals surface area contributed by atoms with E-state index in [4.69, 9.17) is 9.84 Å². The number of ether oxygens (including phenoxy) is 1. The molecule has 0 spiro atoms. The highest BCUT2D eigenvalue weighted by Gasteiger charge is 2.31. The Morgan fingerprint density at radius 1 is 1.48 bits per heavy atom. The van der Waals surface area contributed by atoms with Crippen LogP contribution in [0.5, 0.6) is 0 Å². The quantitative estimate of drug-likeness (QED) is 0.491. The fourth-order valence-electron chi connectivity index (χ4n) is 1.82. The SMILES string of the molecule is COCCNC(=O)Cn1c(SCC(=O)O)nnc1C1CC1. The van der Waals surface area contributed by atoms with Crippen molar-refractivity contribution in [1.82, 2.24) is 20.1 Å². The molecule has 1 saturated carbocycles. The zero-order valence-electron chi connectivity index (χ0n) is 11.7. The number of carboxylic acids is 1. The van der Waals surface area contributed by atoms with Gasteiger partial charge in [0.05, 0.1) is 12.4 Å². The lowest BCUT2D eigenvalue weighted by atomic mass is 10.4. The van der Waals surface area contributed by atoms with Gasteiger partial charge < -0.3 is 15.2 Å². The fourth-order valence-corrected chi connectivity index (χ4v) is 2.48. The highest BCUT2D eigenvalue weighted by atomic mass is 32.2. The summed E-state index contributed by atoms with van der Waals surface area (Å²) >= 11 is 1.08. The Balaban J connectivity index is 2.01. The Morgan fingerprint density at radius 2 is 2.24 bits per heavy atom. The molecular weight excluding hydrogens is 296 g/mol. The fraction of sp³-hybridized carbons (Fsp3) is 0.667. The summed E-state index contributed by atoms with van der Waals surface area (Å²) in [6, 6.07) is 0. The molecule has 1 aromatic heterocycles. The number of aromatic nitrogens is 3. The number of carbonyl (C=O) groups excluding carboxylic acids is 1. The van der Waals surface area contributed by atoms with E-state index in [1.165, 1.54) is 0 Å². The van der Waals surface area contributed by atoms with E-state index in [0.717, 1.165) is 30.4 Å². The summed E-state index contributed by atoms with van der Waals surface area (Å²) in [7, 11) is 1.57. The van der Waals surface area contributed by atoms with E-state index >= 15 is 0 Å². The van der Waals surface area contributed by atoms with Crippen molar-refractivity contribution in [3.8, 4) is 0 Å². The first-order valence-electron chi connectivity index (χ1n) is 6.65. The normalized spacial score (nSPS) is 14.1. The van der Waals surface area contributed by atoms with Crippen molar-refractivity contribution < 1.29 is 19.4 Å². The van der Waals surface area contributed by atoms with Gasteiger partial charge in [0.15, 0.2) is 5.16 Å². The molecule has 0 bridgehead atoms. The van der Waals surface area contributed by atoms with Crippen LogP contribution in [0.15, 0.2) is 5.16 Å². The maximum absolute atomic E-state index is 11.9. The number of hydrogen-bond donors (Lipinski definition) is 2. The summed E-state index contributed by atoms with van der Waals surface area (Å²) in [6.45, 7) is 0.988. The van der Waals surface area contributed by atoms with Crippen LogP contribution >= 0.6 is 11.8 Å². The lowest BCUT2D eigenvalue weighted by Crippen LogP contribution is -2.31. The third-order valence-corrected chi connectivity index (χ3v) is 3.89. The highest BCUT2D eigenvalue weighted by molar-refractivity contribution is 7.99. The van der Waals surface area contributed by atoms with Gasteiger partial charge in [0.25, 0.3) is 0 Å². The topological polar surface area (TPSA) is 106 Å². The molecule has 2 N–H and O–H groups in total. The molecule has 1 amide bonds. The van der Waals surface area contributed by atoms with Gasteiger partial charge in [0.1, 0.15) is 12.4 Å². The van der Waals surface area contributed by atoms with Crippen molar-refractivity contribution in [2.45, 2.75) is 30.5 Å². The standard InChI is InChI=1S/C12H18N4O4S/c1-20-5-4-13-9(17)6-16-11(8-2-3-8)14-15-12(16)21-7-10(18)19/h8H,2-7H2,1H3,(H,13,17)(H,18,19). The number of carboxylic acid groups (broad SMARTS) is 1. The van der Waals surface area contributed by atoms with Gasteiger partial charge in [-0.3, -0.25) is 14.2 Å². The van der Waals surface area contributed by atoms with Crippen LogP contribution in [0.2, 0.25) is 0 Å². The monoisotopic (exact) mass is 314 g/mol. The zero-order chi connectivity index (χ0) is 15.2. The molecule has 2 rings (SSSR count). The van der Waals surface area contributed by atoms with Gasteiger partial charge >= 0.3 is 5.97 Å². The third kappa shape index (κ3) is 4.71. The van der Waals surface area contributed by atoms with E-state index in [1.807, 2.05) is 0 Å². The van der Waals surface area contributed by atoms with E-state index in [1.54, 1.807) is 11.7 Å². The van der Waals surface area contributed by atoms with Crippen molar-refractivity contribution in [1.29, 1.82) is 0 Å². The maximum Gasteiger partial charge on any atom is 0.313 e. The Bertz CT molecular complexity index is 515. The number of thioether (sulfide) groups is 1. The van der Waals surface area contributed by atoms with E-state index in [0.29, 0.717) is 24.2 Å². The Labute approximate surface area is 126 Å². The van der Waals surface area contributed by atoms with Crippen molar-refractivity contribution in [2.75, 3.05) is 26.0 Å². The molecule has 1 heterocycles. The second kappa shape index (κ2) is 7.41.